The predicted molar refractivity (Wildman–Crippen MR) is 85.6 cm³/mol. The van der Waals surface area contributed by atoms with Gasteiger partial charge in [-0.3, -0.25) is 4.79 Å². The first-order valence-electron chi connectivity index (χ1n) is 7.12. The number of rotatable bonds is 4. The second kappa shape index (κ2) is 5.97. The van der Waals surface area contributed by atoms with Gasteiger partial charge in [-0.05, 0) is 49.2 Å². The largest absolute Gasteiger partial charge is 0.454 e. The van der Waals surface area contributed by atoms with E-state index in [1.165, 1.54) is 11.1 Å². The number of fused-ring (bicyclic) bond motifs is 1. The first-order chi connectivity index (χ1) is 10.6. The minimum atomic E-state index is -0.113. The van der Waals surface area contributed by atoms with Crippen molar-refractivity contribution >= 4 is 17.3 Å². The molecule has 0 aliphatic carbocycles. The zero-order valence-electron chi connectivity index (χ0n) is 12.6. The first kappa shape index (κ1) is 14.3. The molecular weight excluding hydrogens is 280 g/mol. The van der Waals surface area contributed by atoms with Gasteiger partial charge >= 0.3 is 0 Å². The van der Waals surface area contributed by atoms with Crippen LogP contribution < -0.4 is 20.1 Å². The molecule has 0 fully saturated rings. The summed E-state index contributed by atoms with van der Waals surface area (Å²) in [6.45, 7) is 4.49. The zero-order valence-corrected chi connectivity index (χ0v) is 12.6. The van der Waals surface area contributed by atoms with Gasteiger partial charge in [-0.15, -0.1) is 0 Å². The van der Waals surface area contributed by atoms with Gasteiger partial charge in [-0.1, -0.05) is 6.07 Å². The number of nitrogens with one attached hydrogen (secondary N) is 2. The topological polar surface area (TPSA) is 59.6 Å². The van der Waals surface area contributed by atoms with E-state index in [9.17, 15) is 4.79 Å². The smallest absolute Gasteiger partial charge is 0.243 e. The highest BCUT2D eigenvalue weighted by atomic mass is 16.7. The standard InChI is InChI=1S/C17H18N2O3/c1-11-5-12(2)7-14(6-11)18-9-17(20)19-13-3-4-15-16(8-13)22-10-21-15/h3-8,18H,9-10H2,1-2H3,(H,19,20). The van der Waals surface area contributed by atoms with E-state index in [4.69, 9.17) is 9.47 Å². The third kappa shape index (κ3) is 3.31. The van der Waals surface area contributed by atoms with E-state index in [2.05, 4.69) is 16.7 Å². The highest BCUT2D eigenvalue weighted by molar-refractivity contribution is 5.94. The molecule has 2 aromatic carbocycles. The molecule has 2 aromatic rings. The molecule has 0 bridgehead atoms. The number of hydrogen-bond acceptors (Lipinski definition) is 4. The SMILES string of the molecule is Cc1cc(C)cc(NCC(=O)Nc2ccc3c(c2)OCO3)c1. The van der Waals surface area contributed by atoms with E-state index in [-0.39, 0.29) is 19.2 Å². The van der Waals surface area contributed by atoms with Gasteiger partial charge in [0.1, 0.15) is 0 Å². The molecule has 0 unspecified atom stereocenters. The van der Waals surface area contributed by atoms with E-state index in [0.717, 1.165) is 5.69 Å². The molecule has 5 nitrogen and oxygen atoms in total. The first-order valence-corrected chi connectivity index (χ1v) is 7.12. The van der Waals surface area contributed by atoms with Gasteiger partial charge in [-0.25, -0.2) is 0 Å². The van der Waals surface area contributed by atoms with E-state index in [1.54, 1.807) is 18.2 Å². The van der Waals surface area contributed by atoms with Crippen LogP contribution in [0.3, 0.4) is 0 Å². The number of carbonyl (C=O) groups excluding carboxylic acids is 1. The van der Waals surface area contributed by atoms with Crippen LogP contribution in [-0.4, -0.2) is 19.2 Å². The summed E-state index contributed by atoms with van der Waals surface area (Å²) >= 11 is 0. The summed E-state index contributed by atoms with van der Waals surface area (Å²) in [7, 11) is 0. The van der Waals surface area contributed by atoms with E-state index >= 15 is 0 Å². The average molecular weight is 298 g/mol. The van der Waals surface area contributed by atoms with Crippen LogP contribution in [0.4, 0.5) is 11.4 Å². The molecule has 1 amide bonds. The third-order valence-corrected chi connectivity index (χ3v) is 3.33. The van der Waals surface area contributed by atoms with E-state index < -0.39 is 0 Å². The lowest BCUT2D eigenvalue weighted by Crippen LogP contribution is -2.21. The molecule has 22 heavy (non-hydrogen) atoms. The van der Waals surface area contributed by atoms with Crippen LogP contribution >= 0.6 is 0 Å². The molecule has 0 radical (unpaired) electrons. The fraction of sp³-hybridized carbons (Fsp3) is 0.235. The number of benzene rings is 2. The summed E-state index contributed by atoms with van der Waals surface area (Å²) in [5.41, 5.74) is 3.96. The van der Waals surface area contributed by atoms with E-state index in [0.29, 0.717) is 17.2 Å². The lowest BCUT2D eigenvalue weighted by molar-refractivity contribution is -0.114. The summed E-state index contributed by atoms with van der Waals surface area (Å²) in [4.78, 5) is 12.0. The van der Waals surface area contributed by atoms with Gasteiger partial charge in [0.2, 0.25) is 12.7 Å². The van der Waals surface area contributed by atoms with Crippen molar-refractivity contribution in [1.29, 1.82) is 0 Å². The molecule has 0 aromatic heterocycles. The average Bonchev–Trinajstić information content (AvgIpc) is 2.92. The molecule has 3 rings (SSSR count). The molecule has 0 saturated carbocycles. The van der Waals surface area contributed by atoms with Crippen LogP contribution in [0.5, 0.6) is 11.5 Å². The molecular formula is C17H18N2O3. The van der Waals surface area contributed by atoms with Gasteiger partial charge < -0.3 is 20.1 Å². The maximum atomic E-state index is 12.0. The summed E-state index contributed by atoms with van der Waals surface area (Å²) in [5, 5.41) is 5.96. The van der Waals surface area contributed by atoms with Crippen molar-refractivity contribution in [3.05, 3.63) is 47.5 Å². The number of hydrogen-bond donors (Lipinski definition) is 2. The van der Waals surface area contributed by atoms with Gasteiger partial charge in [-0.2, -0.15) is 0 Å². The third-order valence-electron chi connectivity index (χ3n) is 3.33. The molecule has 114 valence electrons. The van der Waals surface area contributed by atoms with Crippen LogP contribution in [0.1, 0.15) is 11.1 Å². The Morgan fingerprint density at radius 2 is 1.73 bits per heavy atom. The lowest BCUT2D eigenvalue weighted by atomic mass is 10.1. The van der Waals surface area contributed by atoms with Gasteiger partial charge in [0, 0.05) is 17.4 Å². The summed E-state index contributed by atoms with van der Waals surface area (Å²) in [6, 6.07) is 11.5. The number of carbonyl (C=O) groups is 1. The predicted octanol–water partition coefficient (Wildman–Crippen LogP) is 3.08. The molecule has 1 aliphatic heterocycles. The number of anilines is 2. The summed E-state index contributed by atoms with van der Waals surface area (Å²) < 4.78 is 10.5. The van der Waals surface area contributed by atoms with Crippen LogP contribution in [-0.2, 0) is 4.79 Å². The molecule has 5 heteroatoms. The van der Waals surface area contributed by atoms with Gasteiger partial charge in [0.25, 0.3) is 0 Å². The fourth-order valence-electron chi connectivity index (χ4n) is 2.44. The maximum Gasteiger partial charge on any atom is 0.243 e. The summed E-state index contributed by atoms with van der Waals surface area (Å²) in [6.07, 6.45) is 0. The lowest BCUT2D eigenvalue weighted by Gasteiger charge is -2.10. The second-order valence-electron chi connectivity index (χ2n) is 5.35. The van der Waals surface area contributed by atoms with Crippen LogP contribution in [0, 0.1) is 13.8 Å². The van der Waals surface area contributed by atoms with Crippen molar-refractivity contribution in [2.75, 3.05) is 24.0 Å². The fourth-order valence-corrected chi connectivity index (χ4v) is 2.44. The Bertz CT molecular complexity index is 693. The molecule has 0 saturated heterocycles. The van der Waals surface area contributed by atoms with Crippen molar-refractivity contribution in [2.24, 2.45) is 0 Å². The monoisotopic (exact) mass is 298 g/mol. The zero-order chi connectivity index (χ0) is 15.5. The van der Waals surface area contributed by atoms with Crippen LogP contribution in [0.15, 0.2) is 36.4 Å². The molecule has 0 atom stereocenters. The quantitative estimate of drug-likeness (QED) is 0.910. The molecule has 1 heterocycles. The minimum Gasteiger partial charge on any atom is -0.454 e. The Hall–Kier alpha value is -2.69. The Labute approximate surface area is 129 Å². The Morgan fingerprint density at radius 3 is 2.50 bits per heavy atom. The molecule has 1 aliphatic rings. The summed E-state index contributed by atoms with van der Waals surface area (Å²) in [5.74, 6) is 1.24. The van der Waals surface area contributed by atoms with Crippen molar-refractivity contribution < 1.29 is 14.3 Å². The highest BCUT2D eigenvalue weighted by Crippen LogP contribution is 2.34. The Morgan fingerprint density at radius 1 is 1.00 bits per heavy atom. The van der Waals surface area contributed by atoms with Crippen molar-refractivity contribution in [3.8, 4) is 11.5 Å². The second-order valence-corrected chi connectivity index (χ2v) is 5.35. The molecule has 2 N–H and O–H groups in total. The Balaban J connectivity index is 1.58. The maximum absolute atomic E-state index is 12.0. The van der Waals surface area contributed by atoms with Crippen molar-refractivity contribution in [2.45, 2.75) is 13.8 Å². The van der Waals surface area contributed by atoms with E-state index in [1.807, 2.05) is 26.0 Å². The number of amides is 1. The van der Waals surface area contributed by atoms with Gasteiger partial charge in [0.15, 0.2) is 11.5 Å². The Kier molecular flexibility index (Phi) is 3.87. The number of aryl methyl sites for hydroxylation is 2. The van der Waals surface area contributed by atoms with Crippen LogP contribution in [0.2, 0.25) is 0 Å². The number of ether oxygens (including phenoxy) is 2. The van der Waals surface area contributed by atoms with Crippen molar-refractivity contribution in [1.82, 2.24) is 0 Å². The van der Waals surface area contributed by atoms with Gasteiger partial charge in [0.05, 0.1) is 6.54 Å². The molecule has 0 spiro atoms. The minimum absolute atomic E-state index is 0.113. The van der Waals surface area contributed by atoms with Crippen molar-refractivity contribution in [3.63, 3.8) is 0 Å². The highest BCUT2D eigenvalue weighted by Gasteiger charge is 2.14. The van der Waals surface area contributed by atoms with Crippen LogP contribution in [0.25, 0.3) is 0 Å². The normalized spacial score (nSPS) is 12.1.